The summed E-state index contributed by atoms with van der Waals surface area (Å²) in [6, 6.07) is 5.52. The fourth-order valence-electron chi connectivity index (χ4n) is 2.46. The number of hydrogen-bond acceptors (Lipinski definition) is 5. The lowest BCUT2D eigenvalue weighted by atomic mass is 10.1. The second kappa shape index (κ2) is 5.81. The van der Waals surface area contributed by atoms with Gasteiger partial charge in [0.05, 0.1) is 25.5 Å². The van der Waals surface area contributed by atoms with Gasteiger partial charge in [0, 0.05) is 27.8 Å². The van der Waals surface area contributed by atoms with E-state index in [1.165, 1.54) is 0 Å². The largest absolute Gasteiger partial charge is 0.493 e. The molecule has 3 rings (SSSR count). The van der Waals surface area contributed by atoms with Crippen LogP contribution in [-0.4, -0.2) is 32.1 Å². The highest BCUT2D eigenvalue weighted by Gasteiger charge is 2.32. The second-order valence-electron chi connectivity index (χ2n) is 4.88. The Kier molecular flexibility index (Phi) is 4.01. The molecule has 2 heterocycles. The van der Waals surface area contributed by atoms with Gasteiger partial charge in [-0.25, -0.2) is 0 Å². The summed E-state index contributed by atoms with van der Waals surface area (Å²) in [5.74, 6) is 1.09. The number of rotatable bonds is 3. The van der Waals surface area contributed by atoms with Gasteiger partial charge in [-0.15, -0.1) is 11.3 Å². The van der Waals surface area contributed by atoms with Crippen molar-refractivity contribution in [2.75, 3.05) is 26.6 Å². The summed E-state index contributed by atoms with van der Waals surface area (Å²) in [6.45, 7) is 0. The maximum Gasteiger partial charge on any atom is 0.257 e. The molecule has 7 heteroatoms. The molecule has 1 aromatic carbocycles. The van der Waals surface area contributed by atoms with Gasteiger partial charge in [-0.05, 0) is 28.1 Å². The smallest absolute Gasteiger partial charge is 0.257 e. The summed E-state index contributed by atoms with van der Waals surface area (Å²) >= 11 is 5.04. The minimum absolute atomic E-state index is 0.0516. The van der Waals surface area contributed by atoms with Crippen molar-refractivity contribution in [1.82, 2.24) is 4.90 Å². The van der Waals surface area contributed by atoms with E-state index in [4.69, 9.17) is 9.47 Å². The maximum atomic E-state index is 12.7. The minimum Gasteiger partial charge on any atom is -0.493 e. The SMILES string of the molecule is COc1cc2c(cc1OC)C(=O)N(C)[C@@H](c1cc(Br)cs1)N2. The third-order valence-electron chi connectivity index (χ3n) is 3.61. The molecule has 2 aromatic rings. The molecule has 1 atom stereocenters. The Bertz CT molecular complexity index is 732. The molecule has 1 aliphatic heterocycles. The number of carbonyl (C=O) groups is 1. The van der Waals surface area contributed by atoms with E-state index in [1.807, 2.05) is 11.4 Å². The summed E-state index contributed by atoms with van der Waals surface area (Å²) in [4.78, 5) is 15.4. The average Bonchev–Trinajstić information content (AvgIpc) is 2.95. The Balaban J connectivity index is 2.05. The lowest BCUT2D eigenvalue weighted by Gasteiger charge is -2.35. The first-order chi connectivity index (χ1) is 10.5. The Morgan fingerprint density at radius 3 is 2.50 bits per heavy atom. The third-order valence-corrected chi connectivity index (χ3v) is 5.36. The molecule has 1 aromatic heterocycles. The molecule has 0 saturated heterocycles. The average molecular weight is 383 g/mol. The van der Waals surface area contributed by atoms with Crippen molar-refractivity contribution in [3.63, 3.8) is 0 Å². The number of anilines is 1. The quantitative estimate of drug-likeness (QED) is 0.878. The summed E-state index contributed by atoms with van der Waals surface area (Å²) in [5.41, 5.74) is 1.32. The van der Waals surface area contributed by atoms with E-state index in [9.17, 15) is 4.79 Å². The van der Waals surface area contributed by atoms with Crippen LogP contribution in [-0.2, 0) is 0 Å². The van der Waals surface area contributed by atoms with Crippen molar-refractivity contribution in [1.29, 1.82) is 0 Å². The minimum atomic E-state index is -0.200. The molecule has 5 nitrogen and oxygen atoms in total. The lowest BCUT2D eigenvalue weighted by molar-refractivity contribution is 0.0737. The zero-order chi connectivity index (χ0) is 15.9. The fraction of sp³-hybridized carbons (Fsp3) is 0.267. The van der Waals surface area contributed by atoms with Gasteiger partial charge >= 0.3 is 0 Å². The number of carbonyl (C=O) groups excluding carboxylic acids is 1. The van der Waals surface area contributed by atoms with Crippen LogP contribution in [0, 0.1) is 0 Å². The number of halogens is 1. The zero-order valence-electron chi connectivity index (χ0n) is 12.3. The van der Waals surface area contributed by atoms with Crippen LogP contribution in [0.5, 0.6) is 11.5 Å². The maximum absolute atomic E-state index is 12.7. The third kappa shape index (κ3) is 2.44. The van der Waals surface area contributed by atoms with Gasteiger partial charge in [-0.1, -0.05) is 0 Å². The number of nitrogens with one attached hydrogen (secondary N) is 1. The summed E-state index contributed by atoms with van der Waals surface area (Å²) in [5, 5.41) is 5.39. The molecular formula is C15H15BrN2O3S. The first-order valence-corrected chi connectivity index (χ1v) is 8.26. The monoisotopic (exact) mass is 382 g/mol. The Morgan fingerprint density at radius 2 is 1.91 bits per heavy atom. The van der Waals surface area contributed by atoms with E-state index in [1.54, 1.807) is 49.6 Å². The molecule has 0 saturated carbocycles. The highest BCUT2D eigenvalue weighted by molar-refractivity contribution is 9.10. The molecule has 0 aliphatic carbocycles. The zero-order valence-corrected chi connectivity index (χ0v) is 14.7. The summed E-state index contributed by atoms with van der Waals surface area (Å²) in [7, 11) is 4.92. The Labute approximate surface area is 141 Å². The van der Waals surface area contributed by atoms with Gasteiger partial charge in [-0.3, -0.25) is 4.79 Å². The normalized spacial score (nSPS) is 17.0. The van der Waals surface area contributed by atoms with Gasteiger partial charge in [0.1, 0.15) is 6.17 Å². The topological polar surface area (TPSA) is 50.8 Å². The predicted octanol–water partition coefficient (Wildman–Crippen LogP) is 3.72. The van der Waals surface area contributed by atoms with Gasteiger partial charge in [-0.2, -0.15) is 0 Å². The molecule has 0 fully saturated rings. The highest BCUT2D eigenvalue weighted by atomic mass is 79.9. The van der Waals surface area contributed by atoms with Gasteiger partial charge in [0.15, 0.2) is 11.5 Å². The molecule has 116 valence electrons. The number of thiophene rings is 1. The van der Waals surface area contributed by atoms with Crippen LogP contribution in [0.2, 0.25) is 0 Å². The van der Waals surface area contributed by atoms with E-state index in [-0.39, 0.29) is 12.1 Å². The number of benzene rings is 1. The van der Waals surface area contributed by atoms with Crippen molar-refractivity contribution in [3.05, 3.63) is 38.5 Å². The number of nitrogens with zero attached hydrogens (tertiary/aromatic N) is 1. The number of methoxy groups -OCH3 is 2. The second-order valence-corrected chi connectivity index (χ2v) is 6.74. The van der Waals surface area contributed by atoms with Crippen molar-refractivity contribution in [2.45, 2.75) is 6.17 Å². The van der Waals surface area contributed by atoms with Crippen molar-refractivity contribution in [2.24, 2.45) is 0 Å². The number of hydrogen-bond donors (Lipinski definition) is 1. The number of ether oxygens (including phenoxy) is 2. The van der Waals surface area contributed by atoms with Crippen molar-refractivity contribution >= 4 is 38.9 Å². The van der Waals surface area contributed by atoms with Crippen LogP contribution in [0.25, 0.3) is 0 Å². The lowest BCUT2D eigenvalue weighted by Crippen LogP contribution is -2.39. The fourth-order valence-corrected chi connectivity index (χ4v) is 4.00. The van der Waals surface area contributed by atoms with Crippen LogP contribution in [0.1, 0.15) is 21.4 Å². The van der Waals surface area contributed by atoms with Crippen LogP contribution in [0.4, 0.5) is 5.69 Å². The van der Waals surface area contributed by atoms with E-state index >= 15 is 0 Å². The van der Waals surface area contributed by atoms with Crippen molar-refractivity contribution in [3.8, 4) is 11.5 Å². The van der Waals surface area contributed by atoms with Crippen LogP contribution in [0.15, 0.2) is 28.1 Å². The van der Waals surface area contributed by atoms with Gasteiger partial charge in [0.2, 0.25) is 0 Å². The Hall–Kier alpha value is -1.73. The molecule has 1 aliphatic rings. The van der Waals surface area contributed by atoms with Crippen LogP contribution >= 0.6 is 27.3 Å². The molecule has 1 N–H and O–H groups in total. The van der Waals surface area contributed by atoms with E-state index in [2.05, 4.69) is 21.2 Å². The molecule has 22 heavy (non-hydrogen) atoms. The van der Waals surface area contributed by atoms with Crippen LogP contribution in [0.3, 0.4) is 0 Å². The molecule has 0 bridgehead atoms. The van der Waals surface area contributed by atoms with E-state index in [0.29, 0.717) is 17.1 Å². The molecule has 0 radical (unpaired) electrons. The summed E-state index contributed by atoms with van der Waals surface area (Å²) in [6.07, 6.45) is -0.200. The molecule has 1 amide bonds. The Morgan fingerprint density at radius 1 is 1.23 bits per heavy atom. The van der Waals surface area contributed by atoms with Gasteiger partial charge < -0.3 is 19.7 Å². The first kappa shape index (κ1) is 15.2. The molecule has 0 spiro atoms. The van der Waals surface area contributed by atoms with Gasteiger partial charge in [0.25, 0.3) is 5.91 Å². The predicted molar refractivity (Wildman–Crippen MR) is 90.0 cm³/mol. The molecule has 0 unspecified atom stereocenters. The number of fused-ring (bicyclic) bond motifs is 1. The number of amides is 1. The molecular weight excluding hydrogens is 368 g/mol. The van der Waals surface area contributed by atoms with Crippen molar-refractivity contribution < 1.29 is 14.3 Å². The summed E-state index contributed by atoms with van der Waals surface area (Å²) < 4.78 is 11.6. The highest BCUT2D eigenvalue weighted by Crippen LogP contribution is 2.40. The van der Waals surface area contributed by atoms with E-state index < -0.39 is 0 Å². The van der Waals surface area contributed by atoms with E-state index in [0.717, 1.165) is 15.0 Å². The van der Waals surface area contributed by atoms with Crippen LogP contribution < -0.4 is 14.8 Å². The first-order valence-electron chi connectivity index (χ1n) is 6.58. The standard InChI is InChI=1S/C15H15BrN2O3S/c1-18-14(13-4-8(16)7-22-13)17-10-6-12(21-3)11(20-2)5-9(10)15(18)19/h4-7,14,17H,1-3H3/t14-/m0/s1.